The summed E-state index contributed by atoms with van der Waals surface area (Å²) in [6, 6.07) is 7.62. The maximum absolute atomic E-state index is 12.5. The standard InChI is InChI=1S/C19H21N3O3S/c1-12(23)17-11-25-19(21-17)26-15-4-2-14(3-5-15)18(24)20-16-10-22-8-6-13(16)7-9-22/h2-5,11,13,16H,6-10H2,1H3,(H,20,24). The van der Waals surface area contributed by atoms with Gasteiger partial charge >= 0.3 is 0 Å². The van der Waals surface area contributed by atoms with E-state index in [0.29, 0.717) is 22.4 Å². The van der Waals surface area contributed by atoms with Gasteiger partial charge in [-0.05, 0) is 67.9 Å². The molecule has 1 aromatic heterocycles. The lowest BCUT2D eigenvalue weighted by Crippen LogP contribution is -2.57. The molecule has 3 fully saturated rings. The van der Waals surface area contributed by atoms with Gasteiger partial charge in [-0.25, -0.2) is 4.98 Å². The fraction of sp³-hybridized carbons (Fsp3) is 0.421. The summed E-state index contributed by atoms with van der Waals surface area (Å²) in [6.07, 6.45) is 3.72. The Balaban J connectivity index is 1.37. The first kappa shape index (κ1) is 17.3. The molecule has 1 unspecified atom stereocenters. The third-order valence-electron chi connectivity index (χ3n) is 5.14. The Labute approximate surface area is 156 Å². The van der Waals surface area contributed by atoms with Gasteiger partial charge in [-0.2, -0.15) is 0 Å². The molecule has 0 spiro atoms. The predicted octanol–water partition coefficient (Wildman–Crippen LogP) is 2.85. The zero-order valence-electron chi connectivity index (χ0n) is 14.6. The molecule has 136 valence electrons. The van der Waals surface area contributed by atoms with Crippen LogP contribution in [0.25, 0.3) is 0 Å². The van der Waals surface area contributed by atoms with Crippen LogP contribution >= 0.6 is 11.8 Å². The van der Waals surface area contributed by atoms with Crippen LogP contribution in [-0.4, -0.2) is 47.3 Å². The Morgan fingerprint density at radius 2 is 1.96 bits per heavy atom. The van der Waals surface area contributed by atoms with E-state index in [0.717, 1.165) is 24.5 Å². The molecular formula is C19H21N3O3S. The number of rotatable bonds is 5. The van der Waals surface area contributed by atoms with E-state index in [2.05, 4.69) is 15.2 Å². The van der Waals surface area contributed by atoms with Crippen LogP contribution in [0.15, 0.2) is 45.1 Å². The second kappa shape index (κ2) is 7.25. The van der Waals surface area contributed by atoms with Crippen molar-refractivity contribution >= 4 is 23.5 Å². The number of piperidine rings is 3. The van der Waals surface area contributed by atoms with Crippen molar-refractivity contribution in [1.29, 1.82) is 0 Å². The van der Waals surface area contributed by atoms with Gasteiger partial charge in [0.05, 0.1) is 0 Å². The highest BCUT2D eigenvalue weighted by molar-refractivity contribution is 7.99. The number of carbonyl (C=O) groups is 2. The molecule has 1 aromatic carbocycles. The van der Waals surface area contributed by atoms with Crippen molar-refractivity contribution in [2.45, 2.75) is 35.9 Å². The number of oxazole rings is 1. The molecular weight excluding hydrogens is 350 g/mol. The third-order valence-corrected chi connectivity index (χ3v) is 6.01. The highest BCUT2D eigenvalue weighted by Gasteiger charge is 2.34. The maximum atomic E-state index is 12.5. The lowest BCUT2D eigenvalue weighted by Gasteiger charge is -2.44. The number of benzene rings is 1. The molecule has 3 aliphatic rings. The lowest BCUT2D eigenvalue weighted by atomic mass is 9.84. The molecule has 26 heavy (non-hydrogen) atoms. The SMILES string of the molecule is CC(=O)c1coc(Sc2ccc(C(=O)NC3CN4CCC3CC4)cc2)n1. The monoisotopic (exact) mass is 371 g/mol. The van der Waals surface area contributed by atoms with Crippen molar-refractivity contribution in [2.75, 3.05) is 19.6 Å². The van der Waals surface area contributed by atoms with Gasteiger partial charge < -0.3 is 14.6 Å². The fourth-order valence-corrected chi connectivity index (χ4v) is 4.34. The van der Waals surface area contributed by atoms with Crippen LogP contribution in [-0.2, 0) is 0 Å². The van der Waals surface area contributed by atoms with Crippen molar-refractivity contribution in [1.82, 2.24) is 15.2 Å². The van der Waals surface area contributed by atoms with Crippen molar-refractivity contribution in [2.24, 2.45) is 5.92 Å². The Kier molecular flexibility index (Phi) is 4.82. The molecule has 0 radical (unpaired) electrons. The smallest absolute Gasteiger partial charge is 0.261 e. The van der Waals surface area contributed by atoms with Crippen LogP contribution in [0.5, 0.6) is 0 Å². The van der Waals surface area contributed by atoms with Gasteiger partial charge in [-0.3, -0.25) is 9.59 Å². The molecule has 0 saturated carbocycles. The van der Waals surface area contributed by atoms with Crippen LogP contribution in [0.2, 0.25) is 0 Å². The number of nitrogens with one attached hydrogen (secondary N) is 1. The molecule has 5 rings (SSSR count). The van der Waals surface area contributed by atoms with Crippen LogP contribution in [0.3, 0.4) is 0 Å². The van der Waals surface area contributed by atoms with Gasteiger partial charge in [0.25, 0.3) is 11.1 Å². The molecule has 6 nitrogen and oxygen atoms in total. The fourth-order valence-electron chi connectivity index (χ4n) is 3.62. The number of ketones is 1. The summed E-state index contributed by atoms with van der Waals surface area (Å²) in [5.74, 6) is 0.468. The topological polar surface area (TPSA) is 75.4 Å². The van der Waals surface area contributed by atoms with E-state index in [9.17, 15) is 9.59 Å². The van der Waals surface area contributed by atoms with E-state index in [1.165, 1.54) is 37.8 Å². The molecule has 2 bridgehead atoms. The maximum Gasteiger partial charge on any atom is 0.261 e. The summed E-state index contributed by atoms with van der Waals surface area (Å²) in [7, 11) is 0. The van der Waals surface area contributed by atoms with Crippen LogP contribution < -0.4 is 5.32 Å². The summed E-state index contributed by atoms with van der Waals surface area (Å²) < 4.78 is 5.28. The van der Waals surface area contributed by atoms with E-state index in [-0.39, 0.29) is 17.7 Å². The quantitative estimate of drug-likeness (QED) is 0.815. The first-order chi connectivity index (χ1) is 12.6. The summed E-state index contributed by atoms with van der Waals surface area (Å²) in [6.45, 7) is 4.74. The number of fused-ring (bicyclic) bond motifs is 3. The van der Waals surface area contributed by atoms with E-state index in [1.807, 2.05) is 24.3 Å². The van der Waals surface area contributed by atoms with Gasteiger partial charge in [0.1, 0.15) is 12.0 Å². The minimum absolute atomic E-state index is 0.0183. The molecule has 1 N–H and O–H groups in total. The van der Waals surface area contributed by atoms with Crippen LogP contribution in [0.1, 0.15) is 40.6 Å². The highest BCUT2D eigenvalue weighted by Crippen LogP contribution is 2.29. The van der Waals surface area contributed by atoms with Gasteiger partial charge in [-0.15, -0.1) is 0 Å². The minimum Gasteiger partial charge on any atom is -0.439 e. The average Bonchev–Trinajstić information content (AvgIpc) is 3.12. The zero-order chi connectivity index (χ0) is 18.1. The number of hydrogen-bond donors (Lipinski definition) is 1. The molecule has 4 heterocycles. The zero-order valence-corrected chi connectivity index (χ0v) is 15.4. The van der Waals surface area contributed by atoms with Crippen molar-refractivity contribution in [3.05, 3.63) is 41.8 Å². The van der Waals surface area contributed by atoms with Gasteiger partial charge in [0, 0.05) is 30.0 Å². The first-order valence-corrected chi connectivity index (χ1v) is 9.68. The predicted molar refractivity (Wildman–Crippen MR) is 97.5 cm³/mol. The Morgan fingerprint density at radius 1 is 1.23 bits per heavy atom. The molecule has 3 aliphatic heterocycles. The average molecular weight is 371 g/mol. The second-order valence-electron chi connectivity index (χ2n) is 6.90. The molecule has 1 atom stereocenters. The highest BCUT2D eigenvalue weighted by atomic mass is 32.2. The van der Waals surface area contributed by atoms with Crippen molar-refractivity contribution < 1.29 is 14.0 Å². The Hall–Kier alpha value is -2.12. The molecule has 3 saturated heterocycles. The number of Topliss-reactive ketones (excluding diaryl/α,β-unsaturated/α-hetero) is 1. The first-order valence-electron chi connectivity index (χ1n) is 8.86. The van der Waals surface area contributed by atoms with Gasteiger partial charge in [0.2, 0.25) is 0 Å². The van der Waals surface area contributed by atoms with E-state index >= 15 is 0 Å². The van der Waals surface area contributed by atoms with E-state index < -0.39 is 0 Å². The van der Waals surface area contributed by atoms with E-state index in [4.69, 9.17) is 4.42 Å². The second-order valence-corrected chi connectivity index (χ2v) is 7.92. The Bertz CT molecular complexity index is 810. The third kappa shape index (κ3) is 3.68. The van der Waals surface area contributed by atoms with Gasteiger partial charge in [0.15, 0.2) is 5.78 Å². The minimum atomic E-state index is -0.125. The number of aromatic nitrogens is 1. The molecule has 7 heteroatoms. The Morgan fingerprint density at radius 3 is 2.54 bits per heavy atom. The number of hydrogen-bond acceptors (Lipinski definition) is 6. The summed E-state index contributed by atoms with van der Waals surface area (Å²) in [5, 5.41) is 3.61. The summed E-state index contributed by atoms with van der Waals surface area (Å²) in [4.78, 5) is 31.3. The summed E-state index contributed by atoms with van der Waals surface area (Å²) in [5.41, 5.74) is 0.976. The molecule has 1 amide bonds. The number of amides is 1. The number of nitrogens with zero attached hydrogens (tertiary/aromatic N) is 2. The van der Waals surface area contributed by atoms with Crippen molar-refractivity contribution in [3.8, 4) is 0 Å². The van der Waals surface area contributed by atoms with Crippen LogP contribution in [0.4, 0.5) is 0 Å². The molecule has 2 aromatic rings. The normalized spacial score (nSPS) is 24.4. The largest absolute Gasteiger partial charge is 0.439 e. The summed E-state index contributed by atoms with van der Waals surface area (Å²) >= 11 is 1.32. The number of carbonyl (C=O) groups excluding carboxylic acids is 2. The molecule has 0 aliphatic carbocycles. The van der Waals surface area contributed by atoms with Crippen LogP contribution in [0, 0.1) is 5.92 Å². The van der Waals surface area contributed by atoms with Crippen molar-refractivity contribution in [3.63, 3.8) is 0 Å². The lowest BCUT2D eigenvalue weighted by molar-refractivity contribution is 0.0620. The van der Waals surface area contributed by atoms with E-state index in [1.54, 1.807) is 0 Å². The van der Waals surface area contributed by atoms with Gasteiger partial charge in [-0.1, -0.05) is 0 Å².